The Morgan fingerprint density at radius 1 is 1.23 bits per heavy atom. The average molecular weight is 408 g/mol. The Morgan fingerprint density at radius 2 is 1.97 bits per heavy atom. The second-order valence-corrected chi connectivity index (χ2v) is 7.87. The van der Waals surface area contributed by atoms with Gasteiger partial charge in [0.05, 0.1) is 6.04 Å². The monoisotopic (exact) mass is 407 g/mol. The molecular formula is C23H29N5O2. The molecule has 1 aliphatic heterocycles. The second-order valence-electron chi connectivity index (χ2n) is 7.87. The molecular weight excluding hydrogens is 378 g/mol. The number of hydrogen-bond acceptors (Lipinski definition) is 4. The lowest BCUT2D eigenvalue weighted by molar-refractivity contribution is -0.129. The minimum atomic E-state index is -0.631. The lowest BCUT2D eigenvalue weighted by Gasteiger charge is -2.17. The first-order valence-electron chi connectivity index (χ1n) is 10.1. The Kier molecular flexibility index (Phi) is 6.84. The number of amides is 2. The summed E-state index contributed by atoms with van der Waals surface area (Å²) in [5.41, 5.74) is 9.42. The van der Waals surface area contributed by atoms with Crippen LogP contribution in [0.3, 0.4) is 0 Å². The molecule has 3 atom stereocenters. The first kappa shape index (κ1) is 21.5. The van der Waals surface area contributed by atoms with E-state index in [9.17, 15) is 9.59 Å². The average Bonchev–Trinajstić information content (AvgIpc) is 3.22. The van der Waals surface area contributed by atoms with E-state index in [0.29, 0.717) is 24.4 Å². The molecule has 3 rings (SSSR count). The van der Waals surface area contributed by atoms with Crippen LogP contribution in [-0.2, 0) is 16.1 Å². The normalized spacial score (nSPS) is 19.1. The van der Waals surface area contributed by atoms with E-state index in [-0.39, 0.29) is 23.7 Å². The van der Waals surface area contributed by atoms with Crippen molar-refractivity contribution in [2.45, 2.75) is 44.8 Å². The molecule has 0 spiro atoms. The van der Waals surface area contributed by atoms with Crippen molar-refractivity contribution in [3.05, 3.63) is 70.8 Å². The number of rotatable bonds is 7. The fourth-order valence-corrected chi connectivity index (χ4v) is 3.64. The lowest BCUT2D eigenvalue weighted by atomic mass is 9.95. The van der Waals surface area contributed by atoms with Gasteiger partial charge in [-0.15, -0.1) is 0 Å². The number of amidine groups is 1. The van der Waals surface area contributed by atoms with Crippen LogP contribution >= 0.6 is 0 Å². The van der Waals surface area contributed by atoms with E-state index in [1.807, 2.05) is 18.2 Å². The first-order valence-corrected chi connectivity index (χ1v) is 10.1. The summed E-state index contributed by atoms with van der Waals surface area (Å²) in [6.07, 6.45) is 0.714. The van der Waals surface area contributed by atoms with Crippen LogP contribution in [0.4, 0.5) is 0 Å². The van der Waals surface area contributed by atoms with Gasteiger partial charge in [-0.25, -0.2) is 0 Å². The molecule has 0 aromatic heterocycles. The molecule has 6 N–H and O–H groups in total. The summed E-state index contributed by atoms with van der Waals surface area (Å²) in [4.78, 5) is 25.0. The van der Waals surface area contributed by atoms with E-state index < -0.39 is 6.04 Å². The predicted molar refractivity (Wildman–Crippen MR) is 117 cm³/mol. The van der Waals surface area contributed by atoms with E-state index in [1.165, 1.54) is 11.1 Å². The van der Waals surface area contributed by atoms with Crippen LogP contribution in [0.5, 0.6) is 0 Å². The molecule has 2 aromatic rings. The lowest BCUT2D eigenvalue weighted by Crippen LogP contribution is -2.49. The van der Waals surface area contributed by atoms with E-state index in [4.69, 9.17) is 11.1 Å². The maximum Gasteiger partial charge on any atom is 0.242 e. The molecule has 0 radical (unpaired) electrons. The minimum Gasteiger partial charge on any atom is -0.384 e. The molecule has 0 saturated carbocycles. The molecule has 30 heavy (non-hydrogen) atoms. The van der Waals surface area contributed by atoms with Crippen LogP contribution in [0.25, 0.3) is 0 Å². The van der Waals surface area contributed by atoms with Gasteiger partial charge >= 0.3 is 0 Å². The zero-order valence-electron chi connectivity index (χ0n) is 17.4. The number of hydrogen-bond donors (Lipinski definition) is 5. The Bertz CT molecular complexity index is 925. The summed E-state index contributed by atoms with van der Waals surface area (Å²) in [5, 5.41) is 16.3. The molecule has 158 valence electrons. The number of benzene rings is 2. The summed E-state index contributed by atoms with van der Waals surface area (Å²) in [5.74, 6) is -0.0966. The van der Waals surface area contributed by atoms with Crippen LogP contribution in [0.15, 0.2) is 48.5 Å². The SMILES string of the molecule is Cc1cccc([C@@H]2CN[C@@H](C(=O)N[C@@H](C)C(=O)NCc3ccc(C(=N)N)cc3)C2)c1. The van der Waals surface area contributed by atoms with Gasteiger partial charge in [0.15, 0.2) is 0 Å². The van der Waals surface area contributed by atoms with E-state index in [1.54, 1.807) is 19.1 Å². The fourth-order valence-electron chi connectivity index (χ4n) is 3.64. The molecule has 0 unspecified atom stereocenters. The number of nitrogens with one attached hydrogen (secondary N) is 4. The third-order valence-electron chi connectivity index (χ3n) is 5.44. The maximum absolute atomic E-state index is 12.6. The van der Waals surface area contributed by atoms with Gasteiger partial charge in [-0.05, 0) is 37.3 Å². The number of aryl methyl sites for hydroxylation is 1. The third-order valence-corrected chi connectivity index (χ3v) is 5.44. The van der Waals surface area contributed by atoms with Gasteiger partial charge in [-0.3, -0.25) is 15.0 Å². The first-order chi connectivity index (χ1) is 14.3. The quantitative estimate of drug-likeness (QED) is 0.353. The fraction of sp³-hybridized carbons (Fsp3) is 0.348. The molecule has 1 heterocycles. The van der Waals surface area contributed by atoms with Gasteiger partial charge in [0.1, 0.15) is 11.9 Å². The third kappa shape index (κ3) is 5.45. The maximum atomic E-state index is 12.6. The van der Waals surface area contributed by atoms with Crippen molar-refractivity contribution in [1.29, 1.82) is 5.41 Å². The second kappa shape index (κ2) is 9.54. The van der Waals surface area contributed by atoms with Crippen molar-refractivity contribution >= 4 is 17.6 Å². The molecule has 1 fully saturated rings. The molecule has 1 saturated heterocycles. The number of carbonyl (C=O) groups is 2. The van der Waals surface area contributed by atoms with Crippen molar-refractivity contribution in [2.24, 2.45) is 5.73 Å². The van der Waals surface area contributed by atoms with Gasteiger partial charge in [-0.1, -0.05) is 54.1 Å². The van der Waals surface area contributed by atoms with E-state index in [2.05, 4.69) is 41.1 Å². The largest absolute Gasteiger partial charge is 0.384 e. The molecule has 7 nitrogen and oxygen atoms in total. The van der Waals surface area contributed by atoms with Gasteiger partial charge in [0.25, 0.3) is 0 Å². The highest BCUT2D eigenvalue weighted by atomic mass is 16.2. The van der Waals surface area contributed by atoms with Crippen LogP contribution in [-0.4, -0.2) is 36.3 Å². The molecule has 0 bridgehead atoms. The van der Waals surface area contributed by atoms with Crippen LogP contribution in [0.1, 0.15) is 41.5 Å². The zero-order chi connectivity index (χ0) is 21.7. The highest BCUT2D eigenvalue weighted by Crippen LogP contribution is 2.26. The Labute approximate surface area is 176 Å². The van der Waals surface area contributed by atoms with Crippen LogP contribution < -0.4 is 21.7 Å². The van der Waals surface area contributed by atoms with E-state index in [0.717, 1.165) is 12.1 Å². The van der Waals surface area contributed by atoms with Gasteiger partial charge in [0, 0.05) is 18.7 Å². The summed E-state index contributed by atoms with van der Waals surface area (Å²) < 4.78 is 0. The standard InChI is InChI=1S/C23H29N5O2/c1-14-4-3-5-18(10-14)19-11-20(26-13-19)23(30)28-15(2)22(29)27-12-16-6-8-17(9-7-16)21(24)25/h3-10,15,19-20,26H,11-13H2,1-2H3,(H3,24,25)(H,27,29)(H,28,30)/t15-,19-,20+/m0/s1. The summed E-state index contributed by atoms with van der Waals surface area (Å²) in [7, 11) is 0. The van der Waals surface area contributed by atoms with Gasteiger partial charge in [-0.2, -0.15) is 0 Å². The van der Waals surface area contributed by atoms with Crippen LogP contribution in [0, 0.1) is 12.3 Å². The van der Waals surface area contributed by atoms with Crippen LogP contribution in [0.2, 0.25) is 0 Å². The topological polar surface area (TPSA) is 120 Å². The van der Waals surface area contributed by atoms with Crippen molar-refractivity contribution in [2.75, 3.05) is 6.54 Å². The summed E-state index contributed by atoms with van der Waals surface area (Å²) >= 11 is 0. The van der Waals surface area contributed by atoms with Crippen molar-refractivity contribution in [1.82, 2.24) is 16.0 Å². The Hall–Kier alpha value is -3.19. The van der Waals surface area contributed by atoms with Crippen molar-refractivity contribution in [3.8, 4) is 0 Å². The number of nitrogen functional groups attached to an aromatic ring is 1. The zero-order valence-corrected chi connectivity index (χ0v) is 17.4. The molecule has 7 heteroatoms. The molecule has 1 aliphatic rings. The van der Waals surface area contributed by atoms with Crippen molar-refractivity contribution in [3.63, 3.8) is 0 Å². The number of nitrogens with two attached hydrogens (primary N) is 1. The Balaban J connectivity index is 1.46. The Morgan fingerprint density at radius 3 is 2.63 bits per heavy atom. The molecule has 2 amide bonds. The summed E-state index contributed by atoms with van der Waals surface area (Å²) in [6.45, 7) is 4.83. The van der Waals surface area contributed by atoms with Gasteiger partial charge < -0.3 is 21.7 Å². The highest BCUT2D eigenvalue weighted by Gasteiger charge is 2.31. The predicted octanol–water partition coefficient (Wildman–Crippen LogP) is 1.55. The molecule has 0 aliphatic carbocycles. The van der Waals surface area contributed by atoms with Crippen molar-refractivity contribution < 1.29 is 9.59 Å². The highest BCUT2D eigenvalue weighted by molar-refractivity contribution is 5.95. The van der Waals surface area contributed by atoms with E-state index >= 15 is 0 Å². The molecule has 2 aromatic carbocycles. The van der Waals surface area contributed by atoms with Gasteiger partial charge in [0.2, 0.25) is 11.8 Å². The number of carbonyl (C=O) groups excluding carboxylic acids is 2. The minimum absolute atomic E-state index is 0.00656. The smallest absolute Gasteiger partial charge is 0.242 e. The summed E-state index contributed by atoms with van der Waals surface area (Å²) in [6, 6.07) is 14.5.